The fraction of sp³-hybridized carbons (Fsp3) is 0. The van der Waals surface area contributed by atoms with Crippen molar-refractivity contribution in [1.29, 1.82) is 0 Å². The van der Waals surface area contributed by atoms with Gasteiger partial charge in [0.1, 0.15) is 11.6 Å². The molecule has 0 aliphatic carbocycles. The molecule has 0 fully saturated rings. The van der Waals surface area contributed by atoms with Crippen LogP contribution in [0.1, 0.15) is 0 Å². The third-order valence-electron chi connectivity index (χ3n) is 1.90. The topological polar surface area (TPSA) is 63.8 Å². The molecule has 2 rings (SSSR count). The van der Waals surface area contributed by atoms with E-state index in [0.717, 1.165) is 4.57 Å². The largest absolute Gasteiger partial charge is 0.383 e. The predicted octanol–water partition coefficient (Wildman–Crippen LogP) is 0.887. The number of aromatic amines is 1. The Balaban J connectivity index is 2.72. The van der Waals surface area contributed by atoms with E-state index in [-0.39, 0.29) is 11.5 Å². The highest BCUT2D eigenvalue weighted by Gasteiger charge is 2.08. The Labute approximate surface area is 78.8 Å². The highest BCUT2D eigenvalue weighted by atomic mass is 19.1. The molecule has 2 aromatic rings. The van der Waals surface area contributed by atoms with Gasteiger partial charge in [0.2, 0.25) is 0 Å². The van der Waals surface area contributed by atoms with Gasteiger partial charge in [-0.3, -0.25) is 0 Å². The Kier molecular flexibility index (Phi) is 1.85. The van der Waals surface area contributed by atoms with Gasteiger partial charge in [-0.2, -0.15) is 0 Å². The molecule has 0 amide bonds. The van der Waals surface area contributed by atoms with Gasteiger partial charge in [0.25, 0.3) is 0 Å². The van der Waals surface area contributed by atoms with Crippen LogP contribution in [0.3, 0.4) is 0 Å². The van der Waals surface area contributed by atoms with Gasteiger partial charge in [-0.05, 0) is 12.1 Å². The van der Waals surface area contributed by atoms with Gasteiger partial charge in [-0.25, -0.2) is 13.8 Å². The van der Waals surface area contributed by atoms with Crippen molar-refractivity contribution in [3.8, 4) is 5.69 Å². The van der Waals surface area contributed by atoms with E-state index in [2.05, 4.69) is 4.98 Å². The summed E-state index contributed by atoms with van der Waals surface area (Å²) in [6.45, 7) is 0. The van der Waals surface area contributed by atoms with Crippen LogP contribution in [0, 0.1) is 5.82 Å². The molecule has 72 valence electrons. The fourth-order valence-electron chi connectivity index (χ4n) is 1.26. The number of nitrogens with two attached hydrogens (primary N) is 1. The third-order valence-corrected chi connectivity index (χ3v) is 1.90. The zero-order valence-electron chi connectivity index (χ0n) is 7.20. The highest BCUT2D eigenvalue weighted by molar-refractivity contribution is 5.42. The Morgan fingerprint density at radius 3 is 2.64 bits per heavy atom. The Hall–Kier alpha value is -2.04. The first-order valence-corrected chi connectivity index (χ1v) is 4.01. The van der Waals surface area contributed by atoms with Crippen molar-refractivity contribution in [2.75, 3.05) is 5.73 Å². The van der Waals surface area contributed by atoms with Crippen LogP contribution in [0.4, 0.5) is 10.2 Å². The number of anilines is 1. The lowest BCUT2D eigenvalue weighted by Gasteiger charge is -2.03. The van der Waals surface area contributed by atoms with Crippen LogP contribution < -0.4 is 11.4 Å². The average molecular weight is 193 g/mol. The van der Waals surface area contributed by atoms with Crippen LogP contribution in [0.2, 0.25) is 0 Å². The van der Waals surface area contributed by atoms with E-state index in [0.29, 0.717) is 0 Å². The molecule has 0 unspecified atom stereocenters. The number of rotatable bonds is 1. The van der Waals surface area contributed by atoms with E-state index in [1.54, 1.807) is 12.1 Å². The second kappa shape index (κ2) is 3.02. The van der Waals surface area contributed by atoms with Gasteiger partial charge in [0, 0.05) is 6.20 Å². The van der Waals surface area contributed by atoms with Crippen molar-refractivity contribution < 1.29 is 4.39 Å². The molecule has 1 aromatic heterocycles. The molecule has 14 heavy (non-hydrogen) atoms. The summed E-state index contributed by atoms with van der Waals surface area (Å²) in [5.74, 6) is -0.305. The maximum Gasteiger partial charge on any atom is 0.331 e. The van der Waals surface area contributed by atoms with E-state index >= 15 is 0 Å². The first kappa shape index (κ1) is 8.55. The van der Waals surface area contributed by atoms with E-state index < -0.39 is 11.5 Å². The number of aromatic nitrogens is 2. The summed E-state index contributed by atoms with van der Waals surface area (Å²) in [7, 11) is 0. The second-order valence-corrected chi connectivity index (χ2v) is 2.81. The molecular formula is C9H8FN3O. The van der Waals surface area contributed by atoms with Crippen molar-refractivity contribution in [1.82, 2.24) is 9.55 Å². The Morgan fingerprint density at radius 1 is 1.36 bits per heavy atom. The summed E-state index contributed by atoms with van der Waals surface area (Å²) < 4.78 is 14.4. The summed E-state index contributed by atoms with van der Waals surface area (Å²) in [6, 6.07) is 5.94. The lowest BCUT2D eigenvalue weighted by molar-refractivity contribution is 0.617. The van der Waals surface area contributed by atoms with Crippen molar-refractivity contribution in [2.45, 2.75) is 0 Å². The number of H-pyrrole nitrogens is 1. The molecule has 0 saturated carbocycles. The molecule has 3 N–H and O–H groups in total. The number of hydrogen-bond donors (Lipinski definition) is 2. The Morgan fingerprint density at radius 2 is 2.07 bits per heavy atom. The molecule has 0 aliphatic rings. The molecule has 1 aromatic carbocycles. The maximum atomic E-state index is 13.3. The first-order valence-electron chi connectivity index (χ1n) is 4.01. The summed E-state index contributed by atoms with van der Waals surface area (Å²) in [5.41, 5.74) is 5.21. The molecule has 0 atom stereocenters. The first-order chi connectivity index (χ1) is 6.70. The summed E-state index contributed by atoms with van der Waals surface area (Å²) in [6.07, 6.45) is 1.33. The van der Waals surface area contributed by atoms with Crippen molar-refractivity contribution >= 4 is 5.82 Å². The van der Waals surface area contributed by atoms with E-state index in [1.807, 2.05) is 0 Å². The minimum absolute atomic E-state index is 0.149. The van der Waals surface area contributed by atoms with Crippen LogP contribution in [0.25, 0.3) is 5.69 Å². The van der Waals surface area contributed by atoms with Crippen molar-refractivity contribution in [2.24, 2.45) is 0 Å². The van der Waals surface area contributed by atoms with Gasteiger partial charge < -0.3 is 10.7 Å². The van der Waals surface area contributed by atoms with E-state index in [9.17, 15) is 9.18 Å². The normalized spacial score (nSPS) is 10.4. The number of hydrogen-bond acceptors (Lipinski definition) is 2. The molecule has 0 aliphatic heterocycles. The summed E-state index contributed by atoms with van der Waals surface area (Å²) >= 11 is 0. The van der Waals surface area contributed by atoms with Crippen molar-refractivity contribution in [3.05, 3.63) is 46.8 Å². The molecule has 0 spiro atoms. The molecule has 5 heteroatoms. The molecule has 0 radical (unpaired) electrons. The van der Waals surface area contributed by atoms with Crippen LogP contribution in [0.5, 0.6) is 0 Å². The van der Waals surface area contributed by atoms with E-state index in [1.165, 1.54) is 18.3 Å². The van der Waals surface area contributed by atoms with Gasteiger partial charge in [-0.1, -0.05) is 12.1 Å². The number of para-hydroxylation sites is 1. The number of halogens is 1. The minimum atomic E-state index is -0.485. The molecular weight excluding hydrogens is 185 g/mol. The van der Waals surface area contributed by atoms with Gasteiger partial charge in [-0.15, -0.1) is 0 Å². The fourth-order valence-corrected chi connectivity index (χ4v) is 1.26. The molecule has 4 nitrogen and oxygen atoms in total. The number of nitrogen functional groups attached to an aromatic ring is 1. The SMILES string of the molecule is Nc1c[nH]c(=O)n1-c1ccccc1F. The zero-order chi connectivity index (χ0) is 10.1. The summed E-state index contributed by atoms with van der Waals surface area (Å²) in [5, 5.41) is 0. The summed E-state index contributed by atoms with van der Waals surface area (Å²) in [4.78, 5) is 13.6. The van der Waals surface area contributed by atoms with E-state index in [4.69, 9.17) is 5.73 Å². The minimum Gasteiger partial charge on any atom is -0.383 e. The van der Waals surface area contributed by atoms with Crippen LogP contribution in [-0.4, -0.2) is 9.55 Å². The number of nitrogens with one attached hydrogen (secondary N) is 1. The van der Waals surface area contributed by atoms with Crippen LogP contribution in [0.15, 0.2) is 35.3 Å². The standard InChI is InChI=1S/C9H8FN3O/c10-6-3-1-2-4-7(6)13-8(11)5-12-9(13)14/h1-5H,11H2,(H,12,14). The molecule has 0 saturated heterocycles. The van der Waals surface area contributed by atoms with Crippen LogP contribution >= 0.6 is 0 Å². The van der Waals surface area contributed by atoms with Gasteiger partial charge in [0.15, 0.2) is 0 Å². The predicted molar refractivity (Wildman–Crippen MR) is 50.8 cm³/mol. The van der Waals surface area contributed by atoms with Gasteiger partial charge >= 0.3 is 5.69 Å². The lowest BCUT2D eigenvalue weighted by atomic mass is 10.3. The highest BCUT2D eigenvalue weighted by Crippen LogP contribution is 2.13. The van der Waals surface area contributed by atoms with Gasteiger partial charge in [0.05, 0.1) is 5.69 Å². The lowest BCUT2D eigenvalue weighted by Crippen LogP contribution is -2.17. The Bertz CT molecular complexity index is 515. The zero-order valence-corrected chi connectivity index (χ0v) is 7.20. The quantitative estimate of drug-likeness (QED) is 0.706. The second-order valence-electron chi connectivity index (χ2n) is 2.81. The number of imidazole rings is 1. The van der Waals surface area contributed by atoms with Crippen molar-refractivity contribution in [3.63, 3.8) is 0 Å². The smallest absolute Gasteiger partial charge is 0.331 e. The molecule has 0 bridgehead atoms. The maximum absolute atomic E-state index is 13.3. The monoisotopic (exact) mass is 193 g/mol. The number of nitrogens with zero attached hydrogens (tertiary/aromatic N) is 1. The van der Waals surface area contributed by atoms with Crippen LogP contribution in [-0.2, 0) is 0 Å². The third kappa shape index (κ3) is 1.19. The molecule has 1 heterocycles. The number of benzene rings is 1. The average Bonchev–Trinajstić information content (AvgIpc) is 2.48.